The molecule has 0 fully saturated rings. The van der Waals surface area contributed by atoms with E-state index in [0.29, 0.717) is 6.61 Å². The fourth-order valence-electron chi connectivity index (χ4n) is 1.24. The second kappa shape index (κ2) is 6.38. The maximum absolute atomic E-state index is 11.9. The van der Waals surface area contributed by atoms with Crippen LogP contribution in [-0.4, -0.2) is 20.9 Å². The molecular formula is C13H17NO4S. The van der Waals surface area contributed by atoms with Crippen LogP contribution in [0.3, 0.4) is 0 Å². The second-order valence-corrected chi connectivity index (χ2v) is 5.69. The van der Waals surface area contributed by atoms with Gasteiger partial charge in [0.15, 0.2) is 0 Å². The molecule has 104 valence electrons. The molecule has 1 rings (SSSR count). The number of benzene rings is 1. The van der Waals surface area contributed by atoms with Crippen LogP contribution in [0, 0.1) is 6.92 Å². The highest BCUT2D eigenvalue weighted by Gasteiger charge is 2.18. The molecule has 6 heteroatoms. The van der Waals surface area contributed by atoms with Crippen LogP contribution in [0.4, 0.5) is 0 Å². The molecule has 0 saturated carbocycles. The molecule has 5 nitrogen and oxygen atoms in total. The standard InChI is InChI=1S/C13H17NO4S/c1-4-18-9-11(3)13(15)14-19(16,17)12-7-5-10(2)6-8-12/h5-9H,4H2,1-3H3,(H,14,15)/b11-9+. The van der Waals surface area contributed by atoms with Crippen molar-refractivity contribution in [1.29, 1.82) is 0 Å². The summed E-state index contributed by atoms with van der Waals surface area (Å²) in [5, 5.41) is 0. The Labute approximate surface area is 113 Å². The molecule has 0 bridgehead atoms. The zero-order chi connectivity index (χ0) is 14.5. The molecule has 0 aliphatic rings. The number of nitrogens with one attached hydrogen (secondary N) is 1. The summed E-state index contributed by atoms with van der Waals surface area (Å²) in [6, 6.07) is 6.24. The highest BCUT2D eigenvalue weighted by molar-refractivity contribution is 7.90. The molecule has 1 N–H and O–H groups in total. The van der Waals surface area contributed by atoms with Crippen LogP contribution in [0.2, 0.25) is 0 Å². The van der Waals surface area contributed by atoms with Crippen molar-refractivity contribution in [1.82, 2.24) is 4.72 Å². The Hall–Kier alpha value is -1.82. The number of ether oxygens (including phenoxy) is 1. The van der Waals surface area contributed by atoms with Crippen molar-refractivity contribution in [3.8, 4) is 0 Å². The predicted molar refractivity (Wildman–Crippen MR) is 71.9 cm³/mol. The van der Waals surface area contributed by atoms with Gasteiger partial charge in [0.1, 0.15) is 0 Å². The van der Waals surface area contributed by atoms with Gasteiger partial charge in [0.25, 0.3) is 15.9 Å². The summed E-state index contributed by atoms with van der Waals surface area (Å²) in [5.41, 5.74) is 1.13. The number of aryl methyl sites for hydroxylation is 1. The van der Waals surface area contributed by atoms with E-state index in [1.807, 2.05) is 11.6 Å². The SMILES string of the molecule is CCO/C=C(\C)C(=O)NS(=O)(=O)c1ccc(C)cc1. The van der Waals surface area contributed by atoms with Crippen LogP contribution in [0.15, 0.2) is 41.0 Å². The third-order valence-electron chi connectivity index (χ3n) is 2.34. The Morgan fingerprint density at radius 2 is 1.89 bits per heavy atom. The van der Waals surface area contributed by atoms with E-state index >= 15 is 0 Å². The molecular weight excluding hydrogens is 266 g/mol. The van der Waals surface area contributed by atoms with Gasteiger partial charge >= 0.3 is 0 Å². The monoisotopic (exact) mass is 283 g/mol. The molecule has 1 amide bonds. The lowest BCUT2D eigenvalue weighted by molar-refractivity contribution is -0.115. The van der Waals surface area contributed by atoms with Crippen LogP contribution >= 0.6 is 0 Å². The van der Waals surface area contributed by atoms with E-state index in [1.54, 1.807) is 19.1 Å². The normalized spacial score (nSPS) is 12.1. The Morgan fingerprint density at radius 3 is 2.42 bits per heavy atom. The summed E-state index contributed by atoms with van der Waals surface area (Å²) in [5.74, 6) is -0.700. The van der Waals surface area contributed by atoms with E-state index < -0.39 is 15.9 Å². The number of hydrogen-bond acceptors (Lipinski definition) is 4. The second-order valence-electron chi connectivity index (χ2n) is 4.00. The van der Waals surface area contributed by atoms with Gasteiger partial charge in [-0.25, -0.2) is 13.1 Å². The molecule has 1 aromatic carbocycles. The van der Waals surface area contributed by atoms with Crippen LogP contribution in [0.5, 0.6) is 0 Å². The van der Waals surface area contributed by atoms with E-state index in [4.69, 9.17) is 4.74 Å². The lowest BCUT2D eigenvalue weighted by atomic mass is 10.2. The van der Waals surface area contributed by atoms with Crippen molar-refractivity contribution in [2.75, 3.05) is 6.61 Å². The lowest BCUT2D eigenvalue weighted by Gasteiger charge is -2.07. The van der Waals surface area contributed by atoms with Crippen molar-refractivity contribution >= 4 is 15.9 Å². The van der Waals surface area contributed by atoms with Gasteiger partial charge in [-0.3, -0.25) is 4.79 Å². The van der Waals surface area contributed by atoms with Crippen LogP contribution in [0.25, 0.3) is 0 Å². The van der Waals surface area contributed by atoms with Crippen molar-refractivity contribution in [3.63, 3.8) is 0 Å². The molecule has 0 heterocycles. The average Bonchev–Trinajstić information content (AvgIpc) is 2.35. The Morgan fingerprint density at radius 1 is 1.32 bits per heavy atom. The van der Waals surface area contributed by atoms with Crippen LogP contribution in [0.1, 0.15) is 19.4 Å². The smallest absolute Gasteiger partial charge is 0.264 e. The number of sulfonamides is 1. The molecule has 0 aliphatic heterocycles. The number of rotatable bonds is 5. The summed E-state index contributed by atoms with van der Waals surface area (Å²) >= 11 is 0. The minimum atomic E-state index is -3.84. The van der Waals surface area contributed by atoms with Crippen LogP contribution < -0.4 is 4.72 Å². The van der Waals surface area contributed by atoms with Gasteiger partial charge in [0, 0.05) is 5.57 Å². The molecule has 19 heavy (non-hydrogen) atoms. The molecule has 0 saturated heterocycles. The third kappa shape index (κ3) is 4.40. The Balaban J connectivity index is 2.86. The van der Waals surface area contributed by atoms with Crippen molar-refractivity contribution in [2.45, 2.75) is 25.7 Å². The van der Waals surface area contributed by atoms with Crippen molar-refractivity contribution < 1.29 is 17.9 Å². The molecule has 1 aromatic rings. The van der Waals surface area contributed by atoms with Gasteiger partial charge < -0.3 is 4.74 Å². The average molecular weight is 283 g/mol. The van der Waals surface area contributed by atoms with Gasteiger partial charge in [-0.15, -0.1) is 0 Å². The summed E-state index contributed by atoms with van der Waals surface area (Å²) in [6.07, 6.45) is 1.24. The van der Waals surface area contributed by atoms with Gasteiger partial charge in [-0.2, -0.15) is 0 Å². The molecule has 0 aromatic heterocycles. The zero-order valence-electron chi connectivity index (χ0n) is 11.1. The summed E-state index contributed by atoms with van der Waals surface area (Å²) in [4.78, 5) is 11.7. The first-order valence-corrected chi connectivity index (χ1v) is 7.27. The van der Waals surface area contributed by atoms with Crippen molar-refractivity contribution in [3.05, 3.63) is 41.7 Å². The number of carbonyl (C=O) groups is 1. The Kier molecular flexibility index (Phi) is 5.11. The van der Waals surface area contributed by atoms with Gasteiger partial charge in [0.05, 0.1) is 17.8 Å². The fraction of sp³-hybridized carbons (Fsp3) is 0.308. The van der Waals surface area contributed by atoms with E-state index in [1.165, 1.54) is 25.3 Å². The maximum atomic E-state index is 11.9. The first-order valence-electron chi connectivity index (χ1n) is 5.79. The van der Waals surface area contributed by atoms with E-state index in [2.05, 4.69) is 0 Å². The van der Waals surface area contributed by atoms with E-state index in [-0.39, 0.29) is 10.5 Å². The number of hydrogen-bond donors (Lipinski definition) is 1. The molecule has 0 spiro atoms. The number of carbonyl (C=O) groups excluding carboxylic acids is 1. The molecule has 0 atom stereocenters. The maximum Gasteiger partial charge on any atom is 0.264 e. The Bertz CT molecular complexity index is 573. The van der Waals surface area contributed by atoms with Gasteiger partial charge in [-0.1, -0.05) is 17.7 Å². The largest absolute Gasteiger partial charge is 0.501 e. The summed E-state index contributed by atoms with van der Waals surface area (Å²) in [7, 11) is -3.84. The highest BCUT2D eigenvalue weighted by atomic mass is 32.2. The van der Waals surface area contributed by atoms with E-state index in [0.717, 1.165) is 5.56 Å². The zero-order valence-corrected chi connectivity index (χ0v) is 12.0. The van der Waals surface area contributed by atoms with Gasteiger partial charge in [-0.05, 0) is 32.9 Å². The molecule has 0 unspecified atom stereocenters. The molecule has 0 radical (unpaired) electrons. The predicted octanol–water partition coefficient (Wildman–Crippen LogP) is 1.74. The third-order valence-corrected chi connectivity index (χ3v) is 3.69. The minimum absolute atomic E-state index is 0.0515. The van der Waals surface area contributed by atoms with Crippen molar-refractivity contribution in [2.24, 2.45) is 0 Å². The summed E-state index contributed by atoms with van der Waals surface area (Å²) in [6.45, 7) is 5.51. The quantitative estimate of drug-likeness (QED) is 0.660. The van der Waals surface area contributed by atoms with Crippen LogP contribution in [-0.2, 0) is 19.6 Å². The lowest BCUT2D eigenvalue weighted by Crippen LogP contribution is -2.31. The highest BCUT2D eigenvalue weighted by Crippen LogP contribution is 2.10. The number of amides is 1. The molecule has 0 aliphatic carbocycles. The first kappa shape index (κ1) is 15.2. The fourth-order valence-corrected chi connectivity index (χ4v) is 2.26. The van der Waals surface area contributed by atoms with E-state index in [9.17, 15) is 13.2 Å². The minimum Gasteiger partial charge on any atom is -0.501 e. The topological polar surface area (TPSA) is 72.5 Å². The van der Waals surface area contributed by atoms with Gasteiger partial charge in [0.2, 0.25) is 0 Å². The summed E-state index contributed by atoms with van der Waals surface area (Å²) < 4.78 is 30.8. The first-order chi connectivity index (χ1) is 8.86.